The van der Waals surface area contributed by atoms with E-state index >= 15 is 0 Å². The minimum absolute atomic E-state index is 0.188. The van der Waals surface area contributed by atoms with Gasteiger partial charge in [0.15, 0.2) is 6.61 Å². The van der Waals surface area contributed by atoms with E-state index in [-0.39, 0.29) is 12.5 Å². The van der Waals surface area contributed by atoms with Gasteiger partial charge in [0.25, 0.3) is 5.91 Å². The maximum atomic E-state index is 12.1. The Labute approximate surface area is 203 Å². The number of carbonyl (C=O) groups is 3. The second-order valence-electron chi connectivity index (χ2n) is 7.33. The molecule has 3 aromatic rings. The molecule has 0 radical (unpaired) electrons. The van der Waals surface area contributed by atoms with E-state index in [0.29, 0.717) is 35.7 Å². The van der Waals surface area contributed by atoms with E-state index in [4.69, 9.17) is 9.47 Å². The molecular formula is C26H26N4O5. The molecule has 9 heteroatoms. The molecule has 0 unspecified atom stereocenters. The number of methoxy groups -OCH3 is 1. The summed E-state index contributed by atoms with van der Waals surface area (Å²) >= 11 is 0. The van der Waals surface area contributed by atoms with E-state index in [1.54, 1.807) is 55.6 Å². The van der Waals surface area contributed by atoms with Crippen LogP contribution in [0.2, 0.25) is 0 Å². The number of hydrogen-bond acceptors (Lipinski definition) is 6. The van der Waals surface area contributed by atoms with Gasteiger partial charge < -0.3 is 20.1 Å². The van der Waals surface area contributed by atoms with Crippen molar-refractivity contribution >= 4 is 29.6 Å². The van der Waals surface area contributed by atoms with Gasteiger partial charge in [-0.25, -0.2) is 5.43 Å². The second kappa shape index (κ2) is 13.1. The lowest BCUT2D eigenvalue weighted by Gasteiger charge is -2.08. The molecule has 0 saturated heterocycles. The Bertz CT molecular complexity index is 1160. The first-order valence-corrected chi connectivity index (χ1v) is 10.9. The molecule has 0 bridgehead atoms. The molecule has 3 aromatic carbocycles. The van der Waals surface area contributed by atoms with Crippen LogP contribution in [0.4, 0.5) is 5.69 Å². The Morgan fingerprint density at radius 1 is 0.886 bits per heavy atom. The molecule has 0 aliphatic heterocycles. The van der Waals surface area contributed by atoms with Gasteiger partial charge in [-0.1, -0.05) is 42.5 Å². The molecule has 3 rings (SSSR count). The Morgan fingerprint density at radius 3 is 2.40 bits per heavy atom. The topological polar surface area (TPSA) is 118 Å². The summed E-state index contributed by atoms with van der Waals surface area (Å²) in [6.07, 6.45) is 1.99. The van der Waals surface area contributed by atoms with E-state index in [1.807, 2.05) is 30.3 Å². The van der Waals surface area contributed by atoms with E-state index in [9.17, 15) is 14.4 Å². The lowest BCUT2D eigenvalue weighted by molar-refractivity contribution is -0.139. The maximum Gasteiger partial charge on any atom is 0.329 e. The van der Waals surface area contributed by atoms with Gasteiger partial charge >= 0.3 is 11.8 Å². The maximum absolute atomic E-state index is 12.1. The fourth-order valence-electron chi connectivity index (χ4n) is 2.97. The molecule has 0 aromatic heterocycles. The number of rotatable bonds is 10. The summed E-state index contributed by atoms with van der Waals surface area (Å²) in [4.78, 5) is 35.9. The van der Waals surface area contributed by atoms with Gasteiger partial charge in [-0.15, -0.1) is 0 Å². The van der Waals surface area contributed by atoms with Crippen LogP contribution in [0.5, 0.6) is 11.5 Å². The highest BCUT2D eigenvalue weighted by atomic mass is 16.5. The fraction of sp³-hybridized carbons (Fsp3) is 0.154. The number of hydrogen-bond donors (Lipinski definition) is 3. The molecule has 0 aliphatic carbocycles. The quantitative estimate of drug-likeness (QED) is 0.237. The molecule has 9 nitrogen and oxygen atoms in total. The zero-order chi connectivity index (χ0) is 24.9. The molecule has 0 spiro atoms. The Kier molecular flexibility index (Phi) is 9.38. The lowest BCUT2D eigenvalue weighted by Crippen LogP contribution is -2.38. The van der Waals surface area contributed by atoms with Gasteiger partial charge in [0, 0.05) is 12.2 Å². The van der Waals surface area contributed by atoms with Gasteiger partial charge in [0.2, 0.25) is 0 Å². The number of hydrazone groups is 1. The van der Waals surface area contributed by atoms with Crippen LogP contribution in [-0.2, 0) is 20.8 Å². The number of nitrogens with one attached hydrogen (secondary N) is 3. The van der Waals surface area contributed by atoms with Crippen molar-refractivity contribution in [1.29, 1.82) is 0 Å². The van der Waals surface area contributed by atoms with E-state index in [0.717, 1.165) is 5.56 Å². The average Bonchev–Trinajstić information content (AvgIpc) is 2.88. The molecule has 0 saturated carbocycles. The molecule has 180 valence electrons. The van der Waals surface area contributed by atoms with E-state index in [2.05, 4.69) is 21.2 Å². The zero-order valence-electron chi connectivity index (χ0n) is 19.2. The van der Waals surface area contributed by atoms with Gasteiger partial charge in [0.1, 0.15) is 11.5 Å². The summed E-state index contributed by atoms with van der Waals surface area (Å²) in [5, 5.41) is 9.08. The number of benzene rings is 3. The van der Waals surface area contributed by atoms with Gasteiger partial charge in [-0.2, -0.15) is 5.10 Å². The molecule has 0 fully saturated rings. The Morgan fingerprint density at radius 2 is 1.66 bits per heavy atom. The van der Waals surface area contributed by atoms with Crippen LogP contribution in [0.3, 0.4) is 0 Å². The number of carbonyl (C=O) groups excluding carboxylic acids is 3. The molecular weight excluding hydrogens is 448 g/mol. The van der Waals surface area contributed by atoms with Crippen LogP contribution in [0.25, 0.3) is 0 Å². The van der Waals surface area contributed by atoms with Crippen molar-refractivity contribution in [3.63, 3.8) is 0 Å². The highest BCUT2D eigenvalue weighted by Gasteiger charge is 2.11. The van der Waals surface area contributed by atoms with Crippen molar-refractivity contribution in [3.8, 4) is 11.5 Å². The lowest BCUT2D eigenvalue weighted by atomic mass is 10.1. The third kappa shape index (κ3) is 8.65. The molecule has 35 heavy (non-hydrogen) atoms. The van der Waals surface area contributed by atoms with Crippen molar-refractivity contribution in [2.45, 2.75) is 6.42 Å². The number of amides is 3. The minimum atomic E-state index is -0.864. The molecule has 0 heterocycles. The number of ether oxygens (including phenoxy) is 2. The Balaban J connectivity index is 1.40. The van der Waals surface area contributed by atoms with Gasteiger partial charge in [-0.05, 0) is 53.9 Å². The smallest absolute Gasteiger partial charge is 0.329 e. The highest BCUT2D eigenvalue weighted by molar-refractivity contribution is 6.35. The van der Waals surface area contributed by atoms with E-state index in [1.165, 1.54) is 6.21 Å². The normalized spacial score (nSPS) is 10.4. The minimum Gasteiger partial charge on any atom is -0.497 e. The monoisotopic (exact) mass is 474 g/mol. The first-order valence-electron chi connectivity index (χ1n) is 10.9. The summed E-state index contributed by atoms with van der Waals surface area (Å²) in [6, 6.07) is 23.4. The first kappa shape index (κ1) is 25.0. The summed E-state index contributed by atoms with van der Waals surface area (Å²) < 4.78 is 10.6. The predicted octanol–water partition coefficient (Wildman–Crippen LogP) is 2.52. The molecule has 3 amide bonds. The summed E-state index contributed by atoms with van der Waals surface area (Å²) in [7, 11) is 1.57. The van der Waals surface area contributed by atoms with Crippen LogP contribution in [0, 0.1) is 0 Å². The van der Waals surface area contributed by atoms with Crippen molar-refractivity contribution in [2.24, 2.45) is 5.10 Å². The molecule has 3 N–H and O–H groups in total. The van der Waals surface area contributed by atoms with Crippen molar-refractivity contribution < 1.29 is 23.9 Å². The van der Waals surface area contributed by atoms with Crippen molar-refractivity contribution in [3.05, 3.63) is 90.0 Å². The van der Waals surface area contributed by atoms with Crippen LogP contribution in [0.15, 0.2) is 84.0 Å². The largest absolute Gasteiger partial charge is 0.497 e. The van der Waals surface area contributed by atoms with E-state index < -0.39 is 11.8 Å². The standard InChI is InChI=1S/C26H26N4O5/c1-34-22-12-10-21(11-13-22)29-24(31)18-35-23-9-5-8-20(16-23)17-28-30-26(33)25(32)27-15-14-19-6-3-2-4-7-19/h2-13,16-17H,14-15,18H2,1H3,(H,27,32)(H,29,31)(H,30,33)/b28-17-. The van der Waals surface area contributed by atoms with Crippen molar-refractivity contribution in [2.75, 3.05) is 25.6 Å². The van der Waals surface area contributed by atoms with Crippen LogP contribution < -0.4 is 25.5 Å². The van der Waals surface area contributed by atoms with Gasteiger partial charge in [0.05, 0.1) is 13.3 Å². The predicted molar refractivity (Wildman–Crippen MR) is 132 cm³/mol. The summed E-state index contributed by atoms with van der Waals surface area (Å²) in [6.45, 7) is 0.151. The third-order valence-electron chi connectivity index (χ3n) is 4.73. The van der Waals surface area contributed by atoms with Crippen LogP contribution in [-0.4, -0.2) is 44.2 Å². The first-order chi connectivity index (χ1) is 17.0. The van der Waals surface area contributed by atoms with Crippen LogP contribution in [0.1, 0.15) is 11.1 Å². The second-order valence-corrected chi connectivity index (χ2v) is 7.33. The number of nitrogens with zero attached hydrogens (tertiary/aromatic N) is 1. The highest BCUT2D eigenvalue weighted by Crippen LogP contribution is 2.15. The number of anilines is 1. The van der Waals surface area contributed by atoms with Crippen LogP contribution >= 0.6 is 0 Å². The SMILES string of the molecule is COc1ccc(NC(=O)COc2cccc(/C=N\NC(=O)C(=O)NCCc3ccccc3)c2)cc1. The average molecular weight is 475 g/mol. The summed E-state index contributed by atoms with van der Waals surface area (Å²) in [5.74, 6) is -0.809. The Hall–Kier alpha value is -4.66. The van der Waals surface area contributed by atoms with Gasteiger partial charge in [-0.3, -0.25) is 14.4 Å². The molecule has 0 atom stereocenters. The third-order valence-corrected chi connectivity index (χ3v) is 4.73. The summed E-state index contributed by atoms with van der Waals surface area (Å²) in [5.41, 5.74) is 4.49. The molecule has 0 aliphatic rings. The fourth-order valence-corrected chi connectivity index (χ4v) is 2.97. The zero-order valence-corrected chi connectivity index (χ0v) is 19.2. The van der Waals surface area contributed by atoms with Crippen molar-refractivity contribution in [1.82, 2.24) is 10.7 Å².